The fourth-order valence-corrected chi connectivity index (χ4v) is 4.48. The number of rotatable bonds is 4. The molecule has 0 aromatic rings. The van der Waals surface area contributed by atoms with E-state index in [9.17, 15) is 4.79 Å². The number of carbonyl (C=O) groups excluding carboxylic acids is 1. The van der Waals surface area contributed by atoms with Crippen molar-refractivity contribution in [1.29, 1.82) is 0 Å². The van der Waals surface area contributed by atoms with E-state index in [1.165, 1.54) is 19.3 Å². The molecule has 1 aliphatic heterocycles. The molecule has 1 saturated carbocycles. The maximum Gasteiger partial charge on any atom is 0.241 e. The van der Waals surface area contributed by atoms with Crippen LogP contribution in [0.1, 0.15) is 47.0 Å². The van der Waals surface area contributed by atoms with E-state index in [1.54, 1.807) is 0 Å². The van der Waals surface area contributed by atoms with Gasteiger partial charge in [-0.15, -0.1) is 0 Å². The van der Waals surface area contributed by atoms with Crippen LogP contribution in [0.5, 0.6) is 0 Å². The van der Waals surface area contributed by atoms with Crippen molar-refractivity contribution in [2.45, 2.75) is 70.5 Å². The Kier molecular flexibility index (Phi) is 4.83. The predicted octanol–water partition coefficient (Wildman–Crippen LogP) is 2.71. The largest absolute Gasteiger partial charge is 0.321 e. The summed E-state index contributed by atoms with van der Waals surface area (Å²) in [6, 6.07) is 0.446. The molecule has 3 nitrogen and oxygen atoms in total. The Labute approximate surface area is 121 Å². The highest BCUT2D eigenvalue weighted by molar-refractivity contribution is 7.99. The molecule has 110 valence electrons. The summed E-state index contributed by atoms with van der Waals surface area (Å²) in [5.74, 6) is 1.17. The molecule has 2 fully saturated rings. The van der Waals surface area contributed by atoms with Crippen LogP contribution < -0.4 is 5.32 Å². The lowest BCUT2D eigenvalue weighted by Gasteiger charge is -2.35. The molecule has 1 N–H and O–H groups in total. The quantitative estimate of drug-likeness (QED) is 0.861. The third-order valence-electron chi connectivity index (χ3n) is 4.55. The Morgan fingerprint density at radius 2 is 1.89 bits per heavy atom. The highest BCUT2D eigenvalue weighted by Gasteiger charge is 2.47. The fourth-order valence-electron chi connectivity index (χ4n) is 3.49. The van der Waals surface area contributed by atoms with Crippen LogP contribution in [0, 0.1) is 11.8 Å². The van der Waals surface area contributed by atoms with Crippen molar-refractivity contribution in [3.05, 3.63) is 0 Å². The summed E-state index contributed by atoms with van der Waals surface area (Å²) in [6.07, 6.45) is 6.09. The van der Waals surface area contributed by atoms with E-state index in [0.29, 0.717) is 29.0 Å². The van der Waals surface area contributed by atoms with Crippen LogP contribution in [-0.2, 0) is 4.79 Å². The first kappa shape index (κ1) is 15.2. The Bertz CT molecular complexity index is 332. The second-order valence-corrected chi connectivity index (χ2v) is 7.67. The molecule has 0 bridgehead atoms. The SMILES string of the molecule is CSC1CCCC1N1C(=O)C(C(C)C)NC1C(C)C. The van der Waals surface area contributed by atoms with Gasteiger partial charge in [-0.3, -0.25) is 10.1 Å². The van der Waals surface area contributed by atoms with E-state index >= 15 is 0 Å². The molecule has 0 aromatic carbocycles. The van der Waals surface area contributed by atoms with Crippen LogP contribution >= 0.6 is 11.8 Å². The minimum atomic E-state index is 0.00973. The van der Waals surface area contributed by atoms with Gasteiger partial charge in [0, 0.05) is 11.3 Å². The van der Waals surface area contributed by atoms with Gasteiger partial charge in [-0.1, -0.05) is 34.1 Å². The molecule has 0 spiro atoms. The third kappa shape index (κ3) is 2.80. The third-order valence-corrected chi connectivity index (χ3v) is 5.70. The zero-order chi connectivity index (χ0) is 14.2. The van der Waals surface area contributed by atoms with Gasteiger partial charge in [0.15, 0.2) is 0 Å². The number of nitrogens with one attached hydrogen (secondary N) is 1. The molecule has 2 aliphatic rings. The standard InChI is InChI=1S/C15H28N2OS/c1-9(2)13-15(18)17(14(16-13)10(3)4)11-7-6-8-12(11)19-5/h9-14,16H,6-8H2,1-5H3. The summed E-state index contributed by atoms with van der Waals surface area (Å²) in [6.45, 7) is 8.70. The van der Waals surface area contributed by atoms with Gasteiger partial charge in [-0.25, -0.2) is 0 Å². The molecule has 1 saturated heterocycles. The van der Waals surface area contributed by atoms with Gasteiger partial charge in [0.2, 0.25) is 5.91 Å². The van der Waals surface area contributed by atoms with Crippen LogP contribution in [0.15, 0.2) is 0 Å². The molecule has 4 unspecified atom stereocenters. The van der Waals surface area contributed by atoms with Crippen molar-refractivity contribution in [2.75, 3.05) is 6.26 Å². The van der Waals surface area contributed by atoms with Gasteiger partial charge < -0.3 is 4.90 Å². The average molecular weight is 284 g/mol. The minimum Gasteiger partial charge on any atom is -0.321 e. The molecule has 2 rings (SSSR count). The molecular formula is C15H28N2OS. The maximum absolute atomic E-state index is 12.8. The second-order valence-electron chi connectivity index (χ2n) is 6.60. The lowest BCUT2D eigenvalue weighted by Crippen LogP contribution is -2.49. The Balaban J connectivity index is 2.22. The molecule has 1 amide bonds. The monoisotopic (exact) mass is 284 g/mol. The van der Waals surface area contributed by atoms with Gasteiger partial charge in [0.05, 0.1) is 12.2 Å². The van der Waals surface area contributed by atoms with Crippen molar-refractivity contribution in [1.82, 2.24) is 10.2 Å². The lowest BCUT2D eigenvalue weighted by atomic mass is 10.0. The normalized spacial score (nSPS) is 35.9. The van der Waals surface area contributed by atoms with E-state index in [-0.39, 0.29) is 12.2 Å². The van der Waals surface area contributed by atoms with E-state index in [0.717, 1.165) is 0 Å². The van der Waals surface area contributed by atoms with Crippen LogP contribution in [0.3, 0.4) is 0 Å². The van der Waals surface area contributed by atoms with Crippen LogP contribution in [0.25, 0.3) is 0 Å². The maximum atomic E-state index is 12.8. The zero-order valence-corrected chi connectivity index (χ0v) is 13.7. The fraction of sp³-hybridized carbons (Fsp3) is 0.933. The molecule has 4 heteroatoms. The van der Waals surface area contributed by atoms with Crippen molar-refractivity contribution in [3.8, 4) is 0 Å². The minimum absolute atomic E-state index is 0.00973. The molecule has 19 heavy (non-hydrogen) atoms. The highest BCUT2D eigenvalue weighted by Crippen LogP contribution is 2.36. The highest BCUT2D eigenvalue weighted by atomic mass is 32.2. The van der Waals surface area contributed by atoms with E-state index < -0.39 is 0 Å². The van der Waals surface area contributed by atoms with E-state index in [1.807, 2.05) is 11.8 Å². The summed E-state index contributed by atoms with van der Waals surface area (Å²) >= 11 is 1.93. The number of carbonyl (C=O) groups is 1. The van der Waals surface area contributed by atoms with Gasteiger partial charge >= 0.3 is 0 Å². The Hall–Kier alpha value is -0.220. The Morgan fingerprint density at radius 1 is 1.21 bits per heavy atom. The van der Waals surface area contributed by atoms with Crippen molar-refractivity contribution in [2.24, 2.45) is 11.8 Å². The molecular weight excluding hydrogens is 256 g/mol. The first-order valence-corrected chi connectivity index (χ1v) is 8.87. The summed E-state index contributed by atoms with van der Waals surface area (Å²) in [5, 5.41) is 4.20. The van der Waals surface area contributed by atoms with Gasteiger partial charge in [-0.2, -0.15) is 11.8 Å². The van der Waals surface area contributed by atoms with Gasteiger partial charge in [0.1, 0.15) is 0 Å². The molecule has 0 aromatic heterocycles. The van der Waals surface area contributed by atoms with Crippen LogP contribution in [0.2, 0.25) is 0 Å². The number of amides is 1. The van der Waals surface area contributed by atoms with E-state index in [4.69, 9.17) is 0 Å². The zero-order valence-electron chi connectivity index (χ0n) is 12.8. The first-order valence-electron chi connectivity index (χ1n) is 7.58. The van der Waals surface area contributed by atoms with E-state index in [2.05, 4.69) is 44.2 Å². The number of hydrogen-bond donors (Lipinski definition) is 1. The molecule has 4 atom stereocenters. The average Bonchev–Trinajstić information content (AvgIpc) is 2.91. The van der Waals surface area contributed by atoms with Crippen LogP contribution in [-0.4, -0.2) is 40.6 Å². The summed E-state index contributed by atoms with van der Waals surface area (Å²) in [4.78, 5) is 15.0. The summed E-state index contributed by atoms with van der Waals surface area (Å²) < 4.78 is 0. The van der Waals surface area contributed by atoms with Crippen molar-refractivity contribution in [3.63, 3.8) is 0 Å². The summed E-state index contributed by atoms with van der Waals surface area (Å²) in [5.41, 5.74) is 0. The molecule has 1 heterocycles. The molecule has 0 radical (unpaired) electrons. The van der Waals surface area contributed by atoms with Gasteiger partial charge in [-0.05, 0) is 30.9 Å². The summed E-state index contributed by atoms with van der Waals surface area (Å²) in [7, 11) is 0. The molecule has 1 aliphatic carbocycles. The number of thioether (sulfide) groups is 1. The first-order chi connectivity index (χ1) is 8.97. The smallest absolute Gasteiger partial charge is 0.241 e. The second kappa shape index (κ2) is 6.04. The topological polar surface area (TPSA) is 32.3 Å². The van der Waals surface area contributed by atoms with Crippen molar-refractivity contribution >= 4 is 17.7 Å². The number of nitrogens with zero attached hydrogens (tertiary/aromatic N) is 1. The number of hydrogen-bond acceptors (Lipinski definition) is 3. The van der Waals surface area contributed by atoms with Gasteiger partial charge in [0.25, 0.3) is 0 Å². The lowest BCUT2D eigenvalue weighted by molar-refractivity contribution is -0.133. The van der Waals surface area contributed by atoms with Crippen molar-refractivity contribution < 1.29 is 4.79 Å². The van der Waals surface area contributed by atoms with Crippen LogP contribution in [0.4, 0.5) is 0 Å². The Morgan fingerprint density at radius 3 is 2.42 bits per heavy atom. The predicted molar refractivity (Wildman–Crippen MR) is 82.2 cm³/mol.